The molecule has 1 aromatic carbocycles. The second-order valence-corrected chi connectivity index (χ2v) is 5.66. The van der Waals surface area contributed by atoms with Crippen LogP contribution in [0.4, 0.5) is 11.4 Å². The molecule has 0 aliphatic heterocycles. The fourth-order valence-corrected chi connectivity index (χ4v) is 2.47. The van der Waals surface area contributed by atoms with Crippen molar-refractivity contribution >= 4 is 17.3 Å². The van der Waals surface area contributed by atoms with Crippen molar-refractivity contribution in [3.8, 4) is 11.5 Å². The third-order valence-electron chi connectivity index (χ3n) is 3.88. The molecule has 7 heteroatoms. The van der Waals surface area contributed by atoms with E-state index in [0.29, 0.717) is 29.4 Å². The van der Waals surface area contributed by atoms with Crippen molar-refractivity contribution in [1.29, 1.82) is 0 Å². The van der Waals surface area contributed by atoms with Gasteiger partial charge in [-0.15, -0.1) is 0 Å². The minimum atomic E-state index is -0.256. The van der Waals surface area contributed by atoms with Crippen LogP contribution in [0, 0.1) is 0 Å². The van der Waals surface area contributed by atoms with Gasteiger partial charge in [-0.3, -0.25) is 14.8 Å². The predicted octanol–water partition coefficient (Wildman–Crippen LogP) is 3.17. The van der Waals surface area contributed by atoms with Crippen LogP contribution in [0.15, 0.2) is 61.1 Å². The van der Waals surface area contributed by atoms with Gasteiger partial charge in [-0.05, 0) is 42.0 Å². The average Bonchev–Trinajstić information content (AvgIpc) is 2.73. The summed E-state index contributed by atoms with van der Waals surface area (Å²) in [7, 11) is 3.20. The number of anilines is 2. The smallest absolute Gasteiger partial charge is 0.270 e. The van der Waals surface area contributed by atoms with E-state index in [0.717, 1.165) is 11.3 Å². The van der Waals surface area contributed by atoms with E-state index >= 15 is 0 Å². The normalized spacial score (nSPS) is 10.1. The summed E-state index contributed by atoms with van der Waals surface area (Å²) in [6, 6.07) is 12.6. The molecule has 0 saturated carbocycles. The van der Waals surface area contributed by atoms with Gasteiger partial charge in [0.2, 0.25) is 0 Å². The average molecular weight is 364 g/mol. The van der Waals surface area contributed by atoms with E-state index in [4.69, 9.17) is 9.47 Å². The van der Waals surface area contributed by atoms with Gasteiger partial charge in [0.1, 0.15) is 17.2 Å². The minimum Gasteiger partial charge on any atom is -0.497 e. The molecule has 27 heavy (non-hydrogen) atoms. The number of carbonyl (C=O) groups excluding carboxylic acids is 1. The van der Waals surface area contributed by atoms with E-state index in [1.807, 2.05) is 30.3 Å². The van der Waals surface area contributed by atoms with Crippen LogP contribution in [0.25, 0.3) is 0 Å². The Hall–Kier alpha value is -3.61. The third kappa shape index (κ3) is 4.72. The number of benzene rings is 1. The van der Waals surface area contributed by atoms with Gasteiger partial charge in [0.25, 0.3) is 5.91 Å². The minimum absolute atomic E-state index is 0.256. The Kier molecular flexibility index (Phi) is 5.84. The maximum atomic E-state index is 12.4. The number of amides is 1. The second kappa shape index (κ2) is 8.66. The van der Waals surface area contributed by atoms with E-state index in [2.05, 4.69) is 20.6 Å². The van der Waals surface area contributed by atoms with Crippen molar-refractivity contribution in [2.24, 2.45) is 0 Å². The van der Waals surface area contributed by atoms with Crippen LogP contribution in [0.2, 0.25) is 0 Å². The number of hydrogen-bond acceptors (Lipinski definition) is 6. The van der Waals surface area contributed by atoms with Crippen LogP contribution < -0.4 is 20.1 Å². The summed E-state index contributed by atoms with van der Waals surface area (Å²) in [6.07, 6.45) is 4.95. The quantitative estimate of drug-likeness (QED) is 0.670. The lowest BCUT2D eigenvalue weighted by Crippen LogP contribution is -2.23. The van der Waals surface area contributed by atoms with Crippen molar-refractivity contribution in [2.45, 2.75) is 6.54 Å². The molecule has 138 valence electrons. The highest BCUT2D eigenvalue weighted by atomic mass is 16.5. The van der Waals surface area contributed by atoms with Crippen LogP contribution >= 0.6 is 0 Å². The topological polar surface area (TPSA) is 85.4 Å². The summed E-state index contributed by atoms with van der Waals surface area (Å²) in [6.45, 7) is 0.407. The molecule has 0 saturated heterocycles. The summed E-state index contributed by atoms with van der Waals surface area (Å²) < 4.78 is 10.6. The van der Waals surface area contributed by atoms with E-state index in [-0.39, 0.29) is 5.91 Å². The Labute approximate surface area is 157 Å². The van der Waals surface area contributed by atoms with Crippen LogP contribution in [-0.4, -0.2) is 30.1 Å². The Bertz CT molecular complexity index is 916. The molecule has 0 bridgehead atoms. The summed E-state index contributed by atoms with van der Waals surface area (Å²) in [5.41, 5.74) is 2.72. The molecule has 2 aromatic heterocycles. The fourth-order valence-electron chi connectivity index (χ4n) is 2.47. The molecule has 3 rings (SSSR count). The Morgan fingerprint density at radius 3 is 2.56 bits per heavy atom. The van der Waals surface area contributed by atoms with Crippen LogP contribution in [-0.2, 0) is 6.54 Å². The zero-order valence-electron chi connectivity index (χ0n) is 15.1. The van der Waals surface area contributed by atoms with Gasteiger partial charge in [0.15, 0.2) is 0 Å². The molecule has 0 radical (unpaired) electrons. The van der Waals surface area contributed by atoms with Crippen molar-refractivity contribution < 1.29 is 14.3 Å². The molecule has 0 aliphatic rings. The summed E-state index contributed by atoms with van der Waals surface area (Å²) in [5, 5.41) is 6.08. The number of nitrogens with one attached hydrogen (secondary N) is 2. The summed E-state index contributed by atoms with van der Waals surface area (Å²) >= 11 is 0. The maximum Gasteiger partial charge on any atom is 0.270 e. The van der Waals surface area contributed by atoms with Crippen LogP contribution in [0.5, 0.6) is 11.5 Å². The summed E-state index contributed by atoms with van der Waals surface area (Å²) in [4.78, 5) is 20.5. The van der Waals surface area contributed by atoms with Gasteiger partial charge in [0.05, 0.1) is 19.9 Å². The first-order chi connectivity index (χ1) is 13.2. The fraction of sp³-hybridized carbons (Fsp3) is 0.150. The molecule has 2 N–H and O–H groups in total. The molecule has 0 aliphatic carbocycles. The van der Waals surface area contributed by atoms with Crippen LogP contribution in [0.1, 0.15) is 16.1 Å². The van der Waals surface area contributed by atoms with Gasteiger partial charge >= 0.3 is 0 Å². The SMILES string of the molecule is COc1ccc(OC)c(Nc2ccnc(C(=O)NCc3ccncc3)c2)c1. The molecule has 2 heterocycles. The number of ether oxygens (including phenoxy) is 2. The zero-order valence-corrected chi connectivity index (χ0v) is 15.1. The lowest BCUT2D eigenvalue weighted by atomic mass is 10.2. The Morgan fingerprint density at radius 2 is 1.81 bits per heavy atom. The second-order valence-electron chi connectivity index (χ2n) is 5.66. The maximum absolute atomic E-state index is 12.4. The molecule has 0 fully saturated rings. The molecular weight excluding hydrogens is 344 g/mol. The van der Waals surface area contributed by atoms with Crippen molar-refractivity contribution in [1.82, 2.24) is 15.3 Å². The van der Waals surface area contributed by atoms with E-state index < -0.39 is 0 Å². The Balaban J connectivity index is 1.73. The first-order valence-electron chi connectivity index (χ1n) is 8.32. The molecule has 0 unspecified atom stereocenters. The molecule has 0 spiro atoms. The van der Waals surface area contributed by atoms with E-state index in [1.54, 1.807) is 44.9 Å². The van der Waals surface area contributed by atoms with Gasteiger partial charge < -0.3 is 20.1 Å². The number of carbonyl (C=O) groups is 1. The number of nitrogens with zero attached hydrogens (tertiary/aromatic N) is 2. The predicted molar refractivity (Wildman–Crippen MR) is 102 cm³/mol. The highest BCUT2D eigenvalue weighted by molar-refractivity contribution is 5.93. The van der Waals surface area contributed by atoms with Gasteiger partial charge in [0, 0.05) is 36.9 Å². The number of rotatable bonds is 7. The number of hydrogen-bond donors (Lipinski definition) is 2. The van der Waals surface area contributed by atoms with Gasteiger partial charge in [-0.1, -0.05) is 0 Å². The molecule has 1 amide bonds. The van der Waals surface area contributed by atoms with Crippen molar-refractivity contribution in [2.75, 3.05) is 19.5 Å². The number of pyridine rings is 2. The highest BCUT2D eigenvalue weighted by Crippen LogP contribution is 2.31. The number of aromatic nitrogens is 2. The Morgan fingerprint density at radius 1 is 1.00 bits per heavy atom. The third-order valence-corrected chi connectivity index (χ3v) is 3.88. The van der Waals surface area contributed by atoms with Crippen molar-refractivity contribution in [3.63, 3.8) is 0 Å². The van der Waals surface area contributed by atoms with E-state index in [9.17, 15) is 4.79 Å². The van der Waals surface area contributed by atoms with Gasteiger partial charge in [-0.2, -0.15) is 0 Å². The summed E-state index contributed by atoms with van der Waals surface area (Å²) in [5.74, 6) is 1.10. The van der Waals surface area contributed by atoms with Crippen LogP contribution in [0.3, 0.4) is 0 Å². The molecule has 7 nitrogen and oxygen atoms in total. The first kappa shape index (κ1) is 18.2. The first-order valence-corrected chi connectivity index (χ1v) is 8.32. The van der Waals surface area contributed by atoms with Gasteiger partial charge in [-0.25, -0.2) is 0 Å². The molecular formula is C20H20N4O3. The highest BCUT2D eigenvalue weighted by Gasteiger charge is 2.10. The lowest BCUT2D eigenvalue weighted by molar-refractivity contribution is 0.0946. The lowest BCUT2D eigenvalue weighted by Gasteiger charge is -2.13. The monoisotopic (exact) mass is 364 g/mol. The molecule has 3 aromatic rings. The standard InChI is InChI=1S/C20H20N4O3/c1-26-16-3-4-19(27-2)17(12-16)24-15-7-10-22-18(11-15)20(25)23-13-14-5-8-21-9-6-14/h3-12H,13H2,1-2H3,(H,22,24)(H,23,25). The largest absolute Gasteiger partial charge is 0.497 e. The zero-order chi connectivity index (χ0) is 19.1. The molecule has 0 atom stereocenters. The van der Waals surface area contributed by atoms with Crippen molar-refractivity contribution in [3.05, 3.63) is 72.3 Å². The number of methoxy groups -OCH3 is 2. The van der Waals surface area contributed by atoms with E-state index in [1.165, 1.54) is 0 Å².